The number of hydrogen-bond acceptors (Lipinski definition) is 1. The molecule has 0 N–H and O–H groups in total. The van der Waals surface area contributed by atoms with Crippen LogP contribution in [-0.2, 0) is 5.41 Å². The van der Waals surface area contributed by atoms with Crippen molar-refractivity contribution in [3.05, 3.63) is 36.8 Å². The molecule has 1 aromatic carbocycles. The van der Waals surface area contributed by atoms with Gasteiger partial charge in [-0.3, -0.25) is 0 Å². The molecule has 0 amide bonds. The van der Waals surface area contributed by atoms with E-state index in [0.717, 1.165) is 18.6 Å². The SMILES string of the molecule is [CH2]CCOc1ccccc1C(C)(C)CC(C)(C)C. The topological polar surface area (TPSA) is 9.23 Å². The van der Waals surface area contributed by atoms with Crippen molar-refractivity contribution >= 4 is 0 Å². The standard InChI is InChI=1S/C17H27O/c1-7-12-18-15-11-9-8-10-14(15)17(5,6)13-16(2,3)4/h8-11H,1,7,12-13H2,2-6H3. The molecule has 1 aromatic rings. The van der Waals surface area contributed by atoms with E-state index in [4.69, 9.17) is 4.74 Å². The van der Waals surface area contributed by atoms with Crippen molar-refractivity contribution in [3.63, 3.8) is 0 Å². The van der Waals surface area contributed by atoms with Crippen molar-refractivity contribution in [2.45, 2.75) is 52.9 Å². The van der Waals surface area contributed by atoms with Crippen LogP contribution in [-0.4, -0.2) is 6.61 Å². The number of hydrogen-bond donors (Lipinski definition) is 0. The number of rotatable bonds is 5. The molecule has 0 heterocycles. The van der Waals surface area contributed by atoms with Crippen molar-refractivity contribution in [3.8, 4) is 5.75 Å². The van der Waals surface area contributed by atoms with E-state index in [-0.39, 0.29) is 5.41 Å². The number of para-hydroxylation sites is 1. The lowest BCUT2D eigenvalue weighted by Crippen LogP contribution is -2.25. The Morgan fingerprint density at radius 3 is 2.22 bits per heavy atom. The Kier molecular flexibility index (Phi) is 4.84. The van der Waals surface area contributed by atoms with E-state index in [9.17, 15) is 0 Å². The Labute approximate surface area is 113 Å². The Morgan fingerprint density at radius 2 is 1.67 bits per heavy atom. The molecule has 1 radical (unpaired) electrons. The van der Waals surface area contributed by atoms with Crippen molar-refractivity contribution in [2.24, 2.45) is 5.41 Å². The molecule has 1 nitrogen and oxygen atoms in total. The third-order valence-electron chi connectivity index (χ3n) is 2.99. The molecule has 0 aliphatic rings. The molecule has 0 aliphatic heterocycles. The fraction of sp³-hybridized carbons (Fsp3) is 0.588. The van der Waals surface area contributed by atoms with Gasteiger partial charge in [0.2, 0.25) is 0 Å². The summed E-state index contributed by atoms with van der Waals surface area (Å²) >= 11 is 0. The van der Waals surface area contributed by atoms with E-state index in [0.29, 0.717) is 12.0 Å². The van der Waals surface area contributed by atoms with Gasteiger partial charge in [0, 0.05) is 0 Å². The maximum atomic E-state index is 5.82. The van der Waals surface area contributed by atoms with E-state index in [1.807, 2.05) is 6.07 Å². The lowest BCUT2D eigenvalue weighted by Gasteiger charge is -2.34. The summed E-state index contributed by atoms with van der Waals surface area (Å²) < 4.78 is 5.82. The van der Waals surface area contributed by atoms with Crippen LogP contribution in [0.15, 0.2) is 24.3 Å². The van der Waals surface area contributed by atoms with Gasteiger partial charge < -0.3 is 4.74 Å². The van der Waals surface area contributed by atoms with Gasteiger partial charge in [0.25, 0.3) is 0 Å². The molecule has 0 unspecified atom stereocenters. The van der Waals surface area contributed by atoms with Crippen LogP contribution in [0.5, 0.6) is 5.75 Å². The maximum Gasteiger partial charge on any atom is 0.123 e. The van der Waals surface area contributed by atoms with E-state index < -0.39 is 0 Å². The number of ether oxygens (including phenoxy) is 1. The Balaban J connectivity index is 2.99. The molecule has 0 atom stereocenters. The summed E-state index contributed by atoms with van der Waals surface area (Å²) in [5.41, 5.74) is 1.73. The molecular weight excluding hydrogens is 220 g/mol. The van der Waals surface area contributed by atoms with E-state index in [1.54, 1.807) is 0 Å². The quantitative estimate of drug-likeness (QED) is 0.711. The van der Waals surface area contributed by atoms with Gasteiger partial charge in [0.15, 0.2) is 0 Å². The van der Waals surface area contributed by atoms with Crippen molar-refractivity contribution < 1.29 is 4.74 Å². The minimum atomic E-state index is 0.121. The fourth-order valence-corrected chi connectivity index (χ4v) is 2.75. The van der Waals surface area contributed by atoms with Gasteiger partial charge in [0.05, 0.1) is 6.61 Å². The molecule has 0 aliphatic carbocycles. The molecule has 0 saturated carbocycles. The molecule has 18 heavy (non-hydrogen) atoms. The van der Waals surface area contributed by atoms with Gasteiger partial charge in [0.1, 0.15) is 5.75 Å². The average Bonchev–Trinajstić information content (AvgIpc) is 2.23. The highest BCUT2D eigenvalue weighted by molar-refractivity contribution is 5.39. The maximum absolute atomic E-state index is 5.82. The monoisotopic (exact) mass is 247 g/mol. The van der Waals surface area contributed by atoms with Crippen LogP contribution >= 0.6 is 0 Å². The largest absolute Gasteiger partial charge is 0.493 e. The van der Waals surface area contributed by atoms with Gasteiger partial charge in [-0.05, 0) is 42.2 Å². The molecule has 0 fully saturated rings. The molecule has 0 bridgehead atoms. The molecule has 101 valence electrons. The minimum Gasteiger partial charge on any atom is -0.493 e. The molecule has 1 rings (SSSR count). The van der Waals surface area contributed by atoms with Crippen LogP contribution in [0, 0.1) is 12.3 Å². The summed E-state index contributed by atoms with van der Waals surface area (Å²) in [6.07, 6.45) is 1.93. The fourth-order valence-electron chi connectivity index (χ4n) is 2.75. The average molecular weight is 247 g/mol. The third kappa shape index (κ3) is 4.36. The summed E-state index contributed by atoms with van der Waals surface area (Å²) in [5.74, 6) is 1.01. The van der Waals surface area contributed by atoms with Crippen LogP contribution < -0.4 is 4.74 Å². The molecule has 0 aromatic heterocycles. The van der Waals surface area contributed by atoms with Crippen molar-refractivity contribution in [1.82, 2.24) is 0 Å². The van der Waals surface area contributed by atoms with Gasteiger partial charge in [-0.25, -0.2) is 0 Å². The second-order valence-electron chi connectivity index (χ2n) is 6.82. The van der Waals surface area contributed by atoms with Gasteiger partial charge in [-0.1, -0.05) is 52.8 Å². The Bertz CT molecular complexity index is 371. The van der Waals surface area contributed by atoms with E-state index in [1.165, 1.54) is 5.56 Å². The summed E-state index contributed by atoms with van der Waals surface area (Å²) in [6, 6.07) is 8.38. The molecule has 0 spiro atoms. The highest BCUT2D eigenvalue weighted by atomic mass is 16.5. The Hall–Kier alpha value is -0.980. The summed E-state index contributed by atoms with van der Waals surface area (Å²) in [7, 11) is 0. The summed E-state index contributed by atoms with van der Waals surface area (Å²) in [4.78, 5) is 0. The first-order chi connectivity index (χ1) is 8.26. The Morgan fingerprint density at radius 1 is 1.06 bits per heavy atom. The lowest BCUT2D eigenvalue weighted by molar-refractivity contribution is 0.267. The molecule has 1 heteroatoms. The first-order valence-corrected chi connectivity index (χ1v) is 6.78. The predicted octanol–water partition coefficient (Wildman–Crippen LogP) is 5.00. The van der Waals surface area contributed by atoms with Crippen LogP contribution in [0.4, 0.5) is 0 Å². The van der Waals surface area contributed by atoms with Crippen LogP contribution in [0.2, 0.25) is 0 Å². The lowest BCUT2D eigenvalue weighted by atomic mass is 9.72. The van der Waals surface area contributed by atoms with E-state index >= 15 is 0 Å². The molecule has 0 saturated heterocycles. The first kappa shape index (κ1) is 15.1. The predicted molar refractivity (Wildman–Crippen MR) is 79.0 cm³/mol. The van der Waals surface area contributed by atoms with Crippen molar-refractivity contribution in [2.75, 3.05) is 6.61 Å². The van der Waals surface area contributed by atoms with Gasteiger partial charge >= 0.3 is 0 Å². The van der Waals surface area contributed by atoms with E-state index in [2.05, 4.69) is 59.7 Å². The van der Waals surface area contributed by atoms with Gasteiger partial charge in [-0.2, -0.15) is 0 Å². The second kappa shape index (κ2) is 5.77. The zero-order valence-electron chi connectivity index (χ0n) is 12.5. The second-order valence-corrected chi connectivity index (χ2v) is 6.82. The van der Waals surface area contributed by atoms with Crippen LogP contribution in [0.1, 0.15) is 53.0 Å². The molecular formula is C17H27O. The first-order valence-electron chi connectivity index (χ1n) is 6.78. The highest BCUT2D eigenvalue weighted by Gasteiger charge is 2.29. The smallest absolute Gasteiger partial charge is 0.123 e. The van der Waals surface area contributed by atoms with Crippen molar-refractivity contribution in [1.29, 1.82) is 0 Å². The third-order valence-corrected chi connectivity index (χ3v) is 2.99. The zero-order chi connectivity index (χ0) is 13.8. The van der Waals surface area contributed by atoms with Crippen LogP contribution in [0.25, 0.3) is 0 Å². The summed E-state index contributed by atoms with van der Waals surface area (Å²) in [6.45, 7) is 16.0. The highest BCUT2D eigenvalue weighted by Crippen LogP contribution is 2.40. The minimum absolute atomic E-state index is 0.121. The summed E-state index contributed by atoms with van der Waals surface area (Å²) in [5, 5.41) is 0. The van der Waals surface area contributed by atoms with Gasteiger partial charge in [-0.15, -0.1) is 0 Å². The number of benzene rings is 1. The zero-order valence-corrected chi connectivity index (χ0v) is 12.5. The normalized spacial score (nSPS) is 12.6. The van der Waals surface area contributed by atoms with Crippen LogP contribution in [0.3, 0.4) is 0 Å².